The molecule has 0 fully saturated rings. The van der Waals surface area contributed by atoms with E-state index in [0.717, 1.165) is 24.4 Å². The highest BCUT2D eigenvalue weighted by molar-refractivity contribution is 7.90. The normalized spacial score (nSPS) is 17.3. The lowest BCUT2D eigenvalue weighted by molar-refractivity contribution is 0.578. The van der Waals surface area contributed by atoms with Gasteiger partial charge in [-0.05, 0) is 31.4 Å². The molecule has 1 unspecified atom stereocenters. The third kappa shape index (κ3) is 2.95. The Morgan fingerprint density at radius 3 is 2.47 bits per heavy atom. The summed E-state index contributed by atoms with van der Waals surface area (Å²) >= 11 is 0. The fourth-order valence-corrected chi connectivity index (χ4v) is 2.75. The molecule has 0 amide bonds. The Hall–Kier alpha value is -1.01. The van der Waals surface area contributed by atoms with Crippen molar-refractivity contribution in [3.05, 3.63) is 22.8 Å². The summed E-state index contributed by atoms with van der Waals surface area (Å²) in [7, 11) is -3.17. The predicted octanol–water partition coefficient (Wildman–Crippen LogP) is 1.35. The Kier molecular flexibility index (Phi) is 3.92. The molecular weight excluding hydrogens is 262 g/mol. The maximum Gasteiger partial charge on any atom is 0.157 e. The number of hydrogen-bond acceptors (Lipinski definition) is 5. The zero-order valence-electron chi connectivity index (χ0n) is 11.9. The van der Waals surface area contributed by atoms with Crippen LogP contribution in [0.2, 0.25) is 0 Å². The molecule has 0 radical (unpaired) electrons. The molecule has 19 heavy (non-hydrogen) atoms. The maximum absolute atomic E-state index is 11.7. The van der Waals surface area contributed by atoms with Gasteiger partial charge in [-0.25, -0.2) is 18.4 Å². The number of aromatic nitrogens is 2. The minimum atomic E-state index is -3.17. The molecule has 1 aliphatic heterocycles. The maximum atomic E-state index is 11.7. The summed E-state index contributed by atoms with van der Waals surface area (Å²) in [5, 5.41) is 2.62. The van der Waals surface area contributed by atoms with Crippen LogP contribution in [-0.2, 0) is 22.8 Å². The van der Waals surface area contributed by atoms with Gasteiger partial charge < -0.3 is 5.32 Å². The lowest BCUT2D eigenvalue weighted by Gasteiger charge is -2.22. The Morgan fingerprint density at radius 2 is 1.89 bits per heavy atom. The van der Waals surface area contributed by atoms with Gasteiger partial charge in [0.1, 0.15) is 11.1 Å². The van der Waals surface area contributed by atoms with Gasteiger partial charge in [0, 0.05) is 12.8 Å². The van der Waals surface area contributed by atoms with E-state index in [1.54, 1.807) is 6.92 Å². The summed E-state index contributed by atoms with van der Waals surface area (Å²) in [4.78, 5) is 9.00. The van der Waals surface area contributed by atoms with E-state index in [0.29, 0.717) is 12.4 Å². The van der Waals surface area contributed by atoms with E-state index < -0.39 is 15.1 Å². The SMILES string of the molecule is CC(C)c1nc(C(C)S(C)(=O)=O)nc2c1CCNC2. The highest BCUT2D eigenvalue weighted by atomic mass is 32.2. The zero-order valence-corrected chi connectivity index (χ0v) is 12.7. The fourth-order valence-electron chi connectivity index (χ4n) is 2.26. The highest BCUT2D eigenvalue weighted by Gasteiger charge is 2.25. The Labute approximate surface area is 114 Å². The summed E-state index contributed by atoms with van der Waals surface area (Å²) in [6, 6.07) is 0. The van der Waals surface area contributed by atoms with Gasteiger partial charge in [-0.1, -0.05) is 13.8 Å². The molecule has 0 bridgehead atoms. The first kappa shape index (κ1) is 14.4. The molecule has 1 atom stereocenters. The first-order chi connectivity index (χ1) is 8.80. The van der Waals surface area contributed by atoms with Crippen LogP contribution in [-0.4, -0.2) is 31.2 Å². The van der Waals surface area contributed by atoms with Crippen LogP contribution in [0.3, 0.4) is 0 Å². The molecule has 2 heterocycles. The number of nitrogens with zero attached hydrogens (tertiary/aromatic N) is 2. The van der Waals surface area contributed by atoms with Gasteiger partial charge in [-0.15, -0.1) is 0 Å². The average Bonchev–Trinajstić information content (AvgIpc) is 2.35. The summed E-state index contributed by atoms with van der Waals surface area (Å²) in [6.45, 7) is 7.44. The van der Waals surface area contributed by atoms with Crippen molar-refractivity contribution in [2.45, 2.75) is 44.9 Å². The molecule has 0 aliphatic carbocycles. The molecule has 0 aromatic carbocycles. The molecule has 0 saturated heterocycles. The summed E-state index contributed by atoms with van der Waals surface area (Å²) < 4.78 is 23.4. The van der Waals surface area contributed by atoms with Crippen LogP contribution < -0.4 is 5.32 Å². The van der Waals surface area contributed by atoms with E-state index in [9.17, 15) is 8.42 Å². The smallest absolute Gasteiger partial charge is 0.157 e. The van der Waals surface area contributed by atoms with E-state index in [4.69, 9.17) is 0 Å². The van der Waals surface area contributed by atoms with Crippen LogP contribution in [0.1, 0.15) is 54.7 Å². The van der Waals surface area contributed by atoms with Crippen LogP contribution in [0.4, 0.5) is 0 Å². The van der Waals surface area contributed by atoms with Crippen LogP contribution in [0, 0.1) is 0 Å². The monoisotopic (exact) mass is 283 g/mol. The van der Waals surface area contributed by atoms with Crippen LogP contribution in [0.25, 0.3) is 0 Å². The molecular formula is C13H21N3O2S. The van der Waals surface area contributed by atoms with Gasteiger partial charge in [0.05, 0.1) is 11.4 Å². The topological polar surface area (TPSA) is 72.0 Å². The molecule has 0 saturated carbocycles. The minimum absolute atomic E-state index is 0.278. The second-order valence-corrected chi connectivity index (χ2v) is 7.81. The first-order valence-electron chi connectivity index (χ1n) is 6.60. The van der Waals surface area contributed by atoms with E-state index in [-0.39, 0.29) is 5.92 Å². The molecule has 1 aliphatic rings. The summed E-state index contributed by atoms with van der Waals surface area (Å²) in [5.74, 6) is 0.703. The van der Waals surface area contributed by atoms with Crippen molar-refractivity contribution in [3.8, 4) is 0 Å². The van der Waals surface area contributed by atoms with E-state index in [2.05, 4.69) is 29.1 Å². The number of hydrogen-bond donors (Lipinski definition) is 1. The standard InChI is InChI=1S/C13H21N3O2S/c1-8(2)12-10-5-6-14-7-11(10)15-13(16-12)9(3)19(4,17)18/h8-9,14H,5-7H2,1-4H3. The van der Waals surface area contributed by atoms with Crippen molar-refractivity contribution in [2.75, 3.05) is 12.8 Å². The second-order valence-electron chi connectivity index (χ2n) is 5.45. The van der Waals surface area contributed by atoms with Crippen LogP contribution in [0.5, 0.6) is 0 Å². The quantitative estimate of drug-likeness (QED) is 0.906. The molecule has 5 nitrogen and oxygen atoms in total. The Morgan fingerprint density at radius 1 is 1.21 bits per heavy atom. The van der Waals surface area contributed by atoms with Crippen molar-refractivity contribution < 1.29 is 8.42 Å². The summed E-state index contributed by atoms with van der Waals surface area (Å²) in [5.41, 5.74) is 3.14. The second kappa shape index (κ2) is 5.17. The Balaban J connectivity index is 2.56. The first-order valence-corrected chi connectivity index (χ1v) is 8.55. The van der Waals surface area contributed by atoms with Gasteiger partial charge in [0.15, 0.2) is 9.84 Å². The lowest BCUT2D eigenvalue weighted by Crippen LogP contribution is -2.28. The predicted molar refractivity (Wildman–Crippen MR) is 74.8 cm³/mol. The van der Waals surface area contributed by atoms with Crippen molar-refractivity contribution in [1.82, 2.24) is 15.3 Å². The fraction of sp³-hybridized carbons (Fsp3) is 0.692. The molecule has 106 valence electrons. The number of fused-ring (bicyclic) bond motifs is 1. The molecule has 1 N–H and O–H groups in total. The number of nitrogens with one attached hydrogen (secondary N) is 1. The molecule has 6 heteroatoms. The van der Waals surface area contributed by atoms with Gasteiger partial charge in [-0.3, -0.25) is 0 Å². The van der Waals surface area contributed by atoms with Gasteiger partial charge in [0.2, 0.25) is 0 Å². The van der Waals surface area contributed by atoms with Crippen molar-refractivity contribution in [2.24, 2.45) is 0 Å². The van der Waals surface area contributed by atoms with Crippen molar-refractivity contribution >= 4 is 9.84 Å². The van der Waals surface area contributed by atoms with Gasteiger partial charge in [-0.2, -0.15) is 0 Å². The minimum Gasteiger partial charge on any atom is -0.311 e. The van der Waals surface area contributed by atoms with Crippen LogP contribution >= 0.6 is 0 Å². The van der Waals surface area contributed by atoms with E-state index >= 15 is 0 Å². The largest absolute Gasteiger partial charge is 0.311 e. The van der Waals surface area contributed by atoms with Crippen molar-refractivity contribution in [3.63, 3.8) is 0 Å². The molecule has 2 rings (SSSR count). The third-order valence-electron chi connectivity index (χ3n) is 3.54. The molecule has 1 aromatic heterocycles. The lowest BCUT2D eigenvalue weighted by atomic mass is 9.97. The third-order valence-corrected chi connectivity index (χ3v) is 5.03. The van der Waals surface area contributed by atoms with Crippen molar-refractivity contribution in [1.29, 1.82) is 0 Å². The summed E-state index contributed by atoms with van der Waals surface area (Å²) in [6.07, 6.45) is 2.14. The highest BCUT2D eigenvalue weighted by Crippen LogP contribution is 2.26. The number of rotatable bonds is 3. The average molecular weight is 283 g/mol. The van der Waals surface area contributed by atoms with Gasteiger partial charge in [0.25, 0.3) is 0 Å². The van der Waals surface area contributed by atoms with Gasteiger partial charge >= 0.3 is 0 Å². The molecule has 0 spiro atoms. The van der Waals surface area contributed by atoms with Crippen LogP contribution in [0.15, 0.2) is 0 Å². The molecule has 1 aromatic rings. The number of sulfone groups is 1. The van der Waals surface area contributed by atoms with E-state index in [1.165, 1.54) is 11.8 Å². The Bertz CT molecular complexity index is 582. The van der Waals surface area contributed by atoms with E-state index in [1.807, 2.05) is 0 Å². The zero-order chi connectivity index (χ0) is 14.2.